The molecule has 0 aromatic rings. The van der Waals surface area contributed by atoms with Crippen LogP contribution in [0.1, 0.15) is 32.1 Å². The molecule has 0 heterocycles. The fourth-order valence-corrected chi connectivity index (χ4v) is 1.69. The van der Waals surface area contributed by atoms with Crippen LogP contribution in [0.3, 0.4) is 0 Å². The normalized spacial score (nSPS) is 32.0. The van der Waals surface area contributed by atoms with Crippen LogP contribution in [-0.4, -0.2) is 12.3 Å². The van der Waals surface area contributed by atoms with Crippen molar-refractivity contribution in [3.8, 4) is 0 Å². The van der Waals surface area contributed by atoms with Crippen LogP contribution >= 0.6 is 0 Å². The van der Waals surface area contributed by atoms with Crippen LogP contribution in [0.4, 0.5) is 17.6 Å². The summed E-state index contributed by atoms with van der Waals surface area (Å²) in [5, 5.41) is 0. The molecule has 1 rings (SSSR count). The standard InChI is InChI=1S/C8H12F4/c9-7-4-2-1-3-6(7)5-8(10,11)12/h6-7H,1-5H2. The lowest BCUT2D eigenvalue weighted by Crippen LogP contribution is -2.26. The van der Waals surface area contributed by atoms with E-state index in [-0.39, 0.29) is 0 Å². The fourth-order valence-electron chi connectivity index (χ4n) is 1.69. The van der Waals surface area contributed by atoms with Gasteiger partial charge in [0.25, 0.3) is 0 Å². The van der Waals surface area contributed by atoms with Gasteiger partial charge in [-0.1, -0.05) is 12.8 Å². The lowest BCUT2D eigenvalue weighted by molar-refractivity contribution is -0.151. The Bertz CT molecular complexity index is 140. The Labute approximate surface area is 69.0 Å². The minimum atomic E-state index is -4.20. The second-order valence-corrected chi connectivity index (χ2v) is 3.38. The van der Waals surface area contributed by atoms with Crippen molar-refractivity contribution in [1.82, 2.24) is 0 Å². The van der Waals surface area contributed by atoms with E-state index in [1.807, 2.05) is 0 Å². The molecule has 0 aromatic carbocycles. The summed E-state index contributed by atoms with van der Waals surface area (Å²) < 4.78 is 48.4. The van der Waals surface area contributed by atoms with Crippen LogP contribution in [0.25, 0.3) is 0 Å². The SMILES string of the molecule is FC1CCCCC1CC(F)(F)F. The number of rotatable bonds is 1. The second kappa shape index (κ2) is 3.62. The maximum Gasteiger partial charge on any atom is 0.389 e. The number of hydrogen-bond acceptors (Lipinski definition) is 0. The highest BCUT2D eigenvalue weighted by atomic mass is 19.4. The van der Waals surface area contributed by atoms with Crippen LogP contribution < -0.4 is 0 Å². The van der Waals surface area contributed by atoms with Gasteiger partial charge in [-0.25, -0.2) is 4.39 Å². The first-order valence-electron chi connectivity index (χ1n) is 4.20. The van der Waals surface area contributed by atoms with Crippen molar-refractivity contribution in [2.24, 2.45) is 5.92 Å². The first-order valence-corrected chi connectivity index (χ1v) is 4.20. The zero-order valence-electron chi connectivity index (χ0n) is 6.70. The maximum absolute atomic E-state index is 12.9. The molecule has 72 valence electrons. The minimum Gasteiger partial charge on any atom is -0.247 e. The summed E-state index contributed by atoms with van der Waals surface area (Å²) in [6, 6.07) is 0. The van der Waals surface area contributed by atoms with Crippen LogP contribution in [0.2, 0.25) is 0 Å². The molecule has 1 fully saturated rings. The van der Waals surface area contributed by atoms with E-state index in [0.717, 1.165) is 12.8 Å². The highest BCUT2D eigenvalue weighted by molar-refractivity contribution is 4.76. The lowest BCUT2D eigenvalue weighted by atomic mass is 9.85. The van der Waals surface area contributed by atoms with E-state index in [0.29, 0.717) is 12.8 Å². The van der Waals surface area contributed by atoms with Gasteiger partial charge in [0.05, 0.1) is 0 Å². The summed E-state index contributed by atoms with van der Waals surface area (Å²) in [6.07, 6.45) is -4.22. The molecule has 4 heteroatoms. The van der Waals surface area contributed by atoms with Crippen molar-refractivity contribution < 1.29 is 17.6 Å². The van der Waals surface area contributed by atoms with Gasteiger partial charge >= 0.3 is 6.18 Å². The number of hydrogen-bond donors (Lipinski definition) is 0. The predicted octanol–water partition coefficient (Wildman–Crippen LogP) is 3.47. The number of alkyl halides is 4. The molecular formula is C8H12F4. The summed E-state index contributed by atoms with van der Waals surface area (Å²) in [5.41, 5.74) is 0. The molecule has 0 saturated heterocycles. The Balaban J connectivity index is 2.39. The van der Waals surface area contributed by atoms with Gasteiger partial charge in [-0.2, -0.15) is 13.2 Å². The quantitative estimate of drug-likeness (QED) is 0.547. The average molecular weight is 184 g/mol. The average Bonchev–Trinajstić information content (AvgIpc) is 1.91. The van der Waals surface area contributed by atoms with Gasteiger partial charge in [0.2, 0.25) is 0 Å². The summed E-state index contributed by atoms with van der Waals surface area (Å²) in [5.74, 6) is -0.779. The van der Waals surface area contributed by atoms with Crippen molar-refractivity contribution in [1.29, 1.82) is 0 Å². The molecule has 1 aliphatic carbocycles. The van der Waals surface area contributed by atoms with Crippen LogP contribution in [0.15, 0.2) is 0 Å². The highest BCUT2D eigenvalue weighted by Crippen LogP contribution is 2.35. The Morgan fingerprint density at radius 2 is 1.67 bits per heavy atom. The summed E-state index contributed by atoms with van der Waals surface area (Å²) in [6.45, 7) is 0. The summed E-state index contributed by atoms with van der Waals surface area (Å²) >= 11 is 0. The zero-order valence-corrected chi connectivity index (χ0v) is 6.70. The third-order valence-corrected chi connectivity index (χ3v) is 2.31. The molecule has 2 atom stereocenters. The topological polar surface area (TPSA) is 0 Å². The number of halogens is 4. The first kappa shape index (κ1) is 9.81. The Morgan fingerprint density at radius 1 is 1.08 bits per heavy atom. The zero-order chi connectivity index (χ0) is 9.19. The molecule has 0 radical (unpaired) electrons. The lowest BCUT2D eigenvalue weighted by Gasteiger charge is -2.26. The van der Waals surface area contributed by atoms with Gasteiger partial charge < -0.3 is 0 Å². The molecule has 0 N–H and O–H groups in total. The summed E-state index contributed by atoms with van der Waals surface area (Å²) in [4.78, 5) is 0. The van der Waals surface area contributed by atoms with E-state index < -0.39 is 24.7 Å². The molecule has 0 amide bonds. The van der Waals surface area contributed by atoms with Gasteiger partial charge in [-0.15, -0.1) is 0 Å². The van der Waals surface area contributed by atoms with Crippen molar-refractivity contribution >= 4 is 0 Å². The third kappa shape index (κ3) is 2.99. The van der Waals surface area contributed by atoms with E-state index in [1.54, 1.807) is 0 Å². The smallest absolute Gasteiger partial charge is 0.247 e. The minimum absolute atomic E-state index is 0.306. The molecule has 0 aliphatic heterocycles. The van der Waals surface area contributed by atoms with E-state index >= 15 is 0 Å². The second-order valence-electron chi connectivity index (χ2n) is 3.38. The van der Waals surface area contributed by atoms with E-state index in [9.17, 15) is 17.6 Å². The predicted molar refractivity (Wildman–Crippen MR) is 37.5 cm³/mol. The fraction of sp³-hybridized carbons (Fsp3) is 1.00. The van der Waals surface area contributed by atoms with Crippen LogP contribution in [-0.2, 0) is 0 Å². The molecule has 1 saturated carbocycles. The summed E-state index contributed by atoms with van der Waals surface area (Å²) in [7, 11) is 0. The van der Waals surface area contributed by atoms with Gasteiger partial charge in [0, 0.05) is 6.42 Å². The largest absolute Gasteiger partial charge is 0.389 e. The first-order chi connectivity index (χ1) is 5.49. The van der Waals surface area contributed by atoms with Crippen molar-refractivity contribution in [3.63, 3.8) is 0 Å². The molecule has 2 unspecified atom stereocenters. The Morgan fingerprint density at radius 3 is 2.17 bits per heavy atom. The molecule has 0 bridgehead atoms. The maximum atomic E-state index is 12.9. The van der Waals surface area contributed by atoms with Gasteiger partial charge in [0.1, 0.15) is 6.17 Å². The van der Waals surface area contributed by atoms with Crippen LogP contribution in [0.5, 0.6) is 0 Å². The Hall–Kier alpha value is -0.280. The monoisotopic (exact) mass is 184 g/mol. The van der Waals surface area contributed by atoms with Crippen molar-refractivity contribution in [3.05, 3.63) is 0 Å². The molecule has 1 aliphatic rings. The van der Waals surface area contributed by atoms with Crippen LogP contribution in [0, 0.1) is 5.92 Å². The Kier molecular flexibility index (Phi) is 2.96. The van der Waals surface area contributed by atoms with Crippen molar-refractivity contribution in [2.45, 2.75) is 44.5 Å². The van der Waals surface area contributed by atoms with Gasteiger partial charge in [-0.05, 0) is 18.8 Å². The van der Waals surface area contributed by atoms with E-state index in [1.165, 1.54) is 0 Å². The molecular weight excluding hydrogens is 172 g/mol. The third-order valence-electron chi connectivity index (χ3n) is 2.31. The molecule has 12 heavy (non-hydrogen) atoms. The highest BCUT2D eigenvalue weighted by Gasteiger charge is 2.36. The molecule has 0 aromatic heterocycles. The van der Waals surface area contributed by atoms with E-state index in [2.05, 4.69) is 0 Å². The van der Waals surface area contributed by atoms with Crippen molar-refractivity contribution in [2.75, 3.05) is 0 Å². The van der Waals surface area contributed by atoms with E-state index in [4.69, 9.17) is 0 Å². The van der Waals surface area contributed by atoms with Gasteiger partial charge in [-0.3, -0.25) is 0 Å². The van der Waals surface area contributed by atoms with Gasteiger partial charge in [0.15, 0.2) is 0 Å². The molecule has 0 nitrogen and oxygen atoms in total. The molecule has 0 spiro atoms.